The molecule has 1 heterocycles. The lowest BCUT2D eigenvalue weighted by Gasteiger charge is -2.10. The van der Waals surface area contributed by atoms with E-state index >= 15 is 0 Å². The molecule has 2 unspecified atom stereocenters. The van der Waals surface area contributed by atoms with Gasteiger partial charge in [0.25, 0.3) is 0 Å². The van der Waals surface area contributed by atoms with Crippen LogP contribution in [0.2, 0.25) is 0 Å². The molecule has 0 aromatic carbocycles. The average molecular weight is 264 g/mol. The Bertz CT molecular complexity index is 263. The highest BCUT2D eigenvalue weighted by molar-refractivity contribution is 4.86. The van der Waals surface area contributed by atoms with Crippen LogP contribution < -0.4 is 0 Å². The van der Waals surface area contributed by atoms with Crippen LogP contribution in [0, 0.1) is 0 Å². The summed E-state index contributed by atoms with van der Waals surface area (Å²) >= 11 is 0. The molecule has 19 heavy (non-hydrogen) atoms. The largest absolute Gasteiger partial charge is 0.375 e. The smallest absolute Gasteiger partial charge is 0.0583 e. The van der Waals surface area contributed by atoms with Crippen LogP contribution in [0.3, 0.4) is 0 Å². The van der Waals surface area contributed by atoms with Gasteiger partial charge in [-0.25, -0.2) is 0 Å². The van der Waals surface area contributed by atoms with Gasteiger partial charge in [-0.15, -0.1) is 5.73 Å². The van der Waals surface area contributed by atoms with E-state index in [-0.39, 0.29) is 0 Å². The second kappa shape index (κ2) is 11.3. The summed E-state index contributed by atoms with van der Waals surface area (Å²) in [4.78, 5) is 0. The molecule has 2 atom stereocenters. The van der Waals surface area contributed by atoms with E-state index in [2.05, 4.69) is 31.7 Å². The minimum atomic E-state index is 0.511. The first-order chi connectivity index (χ1) is 9.36. The molecule has 1 saturated heterocycles. The van der Waals surface area contributed by atoms with Gasteiger partial charge in [0.15, 0.2) is 0 Å². The Morgan fingerprint density at radius 1 is 0.947 bits per heavy atom. The fraction of sp³-hybridized carbons (Fsp3) is 0.833. The maximum atomic E-state index is 5.94. The van der Waals surface area contributed by atoms with E-state index < -0.39 is 0 Å². The fourth-order valence-corrected chi connectivity index (χ4v) is 2.66. The average Bonchev–Trinajstić information content (AvgIpc) is 2.89. The first-order valence-corrected chi connectivity index (χ1v) is 8.41. The molecule has 0 aliphatic carbocycles. The lowest BCUT2D eigenvalue weighted by atomic mass is 10.1. The number of hydrogen-bond acceptors (Lipinski definition) is 1. The van der Waals surface area contributed by atoms with Crippen LogP contribution in [0.1, 0.15) is 84.5 Å². The molecule has 0 bridgehead atoms. The van der Waals surface area contributed by atoms with E-state index in [1.807, 2.05) is 0 Å². The monoisotopic (exact) mass is 264 g/mol. The number of ether oxygens (including phenoxy) is 1. The van der Waals surface area contributed by atoms with Crippen molar-refractivity contribution in [1.29, 1.82) is 0 Å². The predicted octanol–water partition coefficient (Wildman–Crippen LogP) is 5.80. The van der Waals surface area contributed by atoms with Crippen molar-refractivity contribution in [2.24, 2.45) is 0 Å². The minimum Gasteiger partial charge on any atom is -0.375 e. The highest BCUT2D eigenvalue weighted by atomic mass is 16.5. The Morgan fingerprint density at radius 3 is 2.42 bits per heavy atom. The quantitative estimate of drug-likeness (QED) is 0.358. The van der Waals surface area contributed by atoms with Crippen LogP contribution >= 0.6 is 0 Å². The number of allylic oxidation sites excluding steroid dienone is 1. The van der Waals surface area contributed by atoms with Gasteiger partial charge in [0.2, 0.25) is 0 Å². The third-order valence-electron chi connectivity index (χ3n) is 3.97. The molecule has 1 aliphatic rings. The summed E-state index contributed by atoms with van der Waals surface area (Å²) in [6, 6.07) is 0. The first kappa shape index (κ1) is 16.5. The SMILES string of the molecule is CCCCCCCC=C=CCCC1CCC(CC)O1. The van der Waals surface area contributed by atoms with E-state index in [1.54, 1.807) is 0 Å². The van der Waals surface area contributed by atoms with Crippen molar-refractivity contribution < 1.29 is 4.74 Å². The summed E-state index contributed by atoms with van der Waals surface area (Å²) in [5.41, 5.74) is 3.32. The Labute approximate surface area is 120 Å². The van der Waals surface area contributed by atoms with Crippen molar-refractivity contribution in [2.75, 3.05) is 0 Å². The number of hydrogen-bond donors (Lipinski definition) is 0. The normalized spacial score (nSPS) is 22.2. The minimum absolute atomic E-state index is 0.511. The molecule has 1 aliphatic heterocycles. The van der Waals surface area contributed by atoms with E-state index in [0.717, 1.165) is 6.42 Å². The molecule has 1 nitrogen and oxygen atoms in total. The fourth-order valence-electron chi connectivity index (χ4n) is 2.66. The van der Waals surface area contributed by atoms with Gasteiger partial charge in [-0.3, -0.25) is 0 Å². The summed E-state index contributed by atoms with van der Waals surface area (Å²) in [6.45, 7) is 4.48. The molecule has 0 aromatic heterocycles. The highest BCUT2D eigenvalue weighted by Gasteiger charge is 2.22. The molecule has 1 fully saturated rings. The molecule has 110 valence electrons. The lowest BCUT2D eigenvalue weighted by molar-refractivity contribution is 0.0395. The van der Waals surface area contributed by atoms with Crippen molar-refractivity contribution in [2.45, 2.75) is 96.7 Å². The molecule has 0 spiro atoms. The number of unbranched alkanes of at least 4 members (excludes halogenated alkanes) is 5. The topological polar surface area (TPSA) is 9.23 Å². The summed E-state index contributed by atoms with van der Waals surface area (Å²) < 4.78 is 5.94. The third-order valence-corrected chi connectivity index (χ3v) is 3.97. The molecular weight excluding hydrogens is 232 g/mol. The van der Waals surface area contributed by atoms with Gasteiger partial charge >= 0.3 is 0 Å². The van der Waals surface area contributed by atoms with Crippen molar-refractivity contribution >= 4 is 0 Å². The summed E-state index contributed by atoms with van der Waals surface area (Å²) in [5, 5.41) is 0. The number of rotatable bonds is 10. The molecule has 0 aromatic rings. The van der Waals surface area contributed by atoms with Gasteiger partial charge in [-0.1, -0.05) is 39.5 Å². The zero-order valence-corrected chi connectivity index (χ0v) is 13.0. The van der Waals surface area contributed by atoms with Crippen LogP contribution in [0.5, 0.6) is 0 Å². The van der Waals surface area contributed by atoms with Crippen LogP contribution in [-0.2, 0) is 4.74 Å². The molecule has 1 rings (SSSR count). The summed E-state index contributed by atoms with van der Waals surface area (Å²) in [5.74, 6) is 0. The van der Waals surface area contributed by atoms with Gasteiger partial charge in [0.05, 0.1) is 12.2 Å². The molecular formula is C18H32O. The summed E-state index contributed by atoms with van der Waals surface area (Å²) in [6.07, 6.45) is 19.4. The van der Waals surface area contributed by atoms with Gasteiger partial charge in [-0.2, -0.15) is 0 Å². The van der Waals surface area contributed by atoms with Gasteiger partial charge < -0.3 is 4.74 Å². The Morgan fingerprint density at radius 2 is 1.68 bits per heavy atom. The van der Waals surface area contributed by atoms with Crippen molar-refractivity contribution in [3.05, 3.63) is 17.9 Å². The second-order valence-electron chi connectivity index (χ2n) is 5.72. The Balaban J connectivity index is 1.95. The first-order valence-electron chi connectivity index (χ1n) is 8.41. The van der Waals surface area contributed by atoms with E-state index in [4.69, 9.17) is 4.74 Å². The van der Waals surface area contributed by atoms with Gasteiger partial charge in [0.1, 0.15) is 0 Å². The van der Waals surface area contributed by atoms with Crippen molar-refractivity contribution in [3.8, 4) is 0 Å². The second-order valence-corrected chi connectivity index (χ2v) is 5.72. The maximum absolute atomic E-state index is 5.94. The molecule has 1 heteroatoms. The zero-order chi connectivity index (χ0) is 13.8. The van der Waals surface area contributed by atoms with Crippen molar-refractivity contribution in [1.82, 2.24) is 0 Å². The van der Waals surface area contributed by atoms with Crippen LogP contribution in [0.15, 0.2) is 17.9 Å². The third kappa shape index (κ3) is 8.29. The molecule has 0 radical (unpaired) electrons. The predicted molar refractivity (Wildman–Crippen MR) is 83.4 cm³/mol. The molecule has 0 amide bonds. The van der Waals surface area contributed by atoms with E-state index in [1.165, 1.54) is 64.2 Å². The van der Waals surface area contributed by atoms with Crippen LogP contribution in [0.4, 0.5) is 0 Å². The van der Waals surface area contributed by atoms with Crippen LogP contribution in [-0.4, -0.2) is 12.2 Å². The lowest BCUT2D eigenvalue weighted by Crippen LogP contribution is -2.09. The van der Waals surface area contributed by atoms with Gasteiger partial charge in [-0.05, 0) is 57.1 Å². The highest BCUT2D eigenvalue weighted by Crippen LogP contribution is 2.24. The molecule has 0 N–H and O–H groups in total. The standard InChI is InChI=1S/C18H32O/c1-3-5-6-7-8-9-10-11-12-13-14-18-16-15-17(4-2)19-18/h10,12,17-18H,3-9,13-16H2,1-2H3. The summed E-state index contributed by atoms with van der Waals surface area (Å²) in [7, 11) is 0. The van der Waals surface area contributed by atoms with Crippen molar-refractivity contribution in [3.63, 3.8) is 0 Å². The zero-order valence-electron chi connectivity index (χ0n) is 13.0. The van der Waals surface area contributed by atoms with E-state index in [0.29, 0.717) is 12.2 Å². The van der Waals surface area contributed by atoms with Gasteiger partial charge in [0, 0.05) is 0 Å². The Hall–Kier alpha value is -0.520. The van der Waals surface area contributed by atoms with Crippen LogP contribution in [0.25, 0.3) is 0 Å². The van der Waals surface area contributed by atoms with E-state index in [9.17, 15) is 0 Å². The molecule has 0 saturated carbocycles. The Kier molecular flexibility index (Phi) is 9.85. The maximum Gasteiger partial charge on any atom is 0.0583 e.